The van der Waals surface area contributed by atoms with Crippen LogP contribution in [0.15, 0.2) is 54.6 Å². The van der Waals surface area contributed by atoms with Crippen LogP contribution in [-0.4, -0.2) is 19.6 Å². The van der Waals surface area contributed by atoms with Crippen molar-refractivity contribution in [1.29, 1.82) is 0 Å². The standard InChI is InChI=1S/C16H15NO4S/c1-12-8-10-14(11-9-12)16(22(2,20)21)15(17(18)19)13-6-4-3-5-7-13/h3-11H,1-2H3. The van der Waals surface area contributed by atoms with E-state index in [4.69, 9.17) is 0 Å². The maximum Gasteiger partial charge on any atom is 0.295 e. The fraction of sp³-hybridized carbons (Fsp3) is 0.125. The summed E-state index contributed by atoms with van der Waals surface area (Å²) in [5.41, 5.74) is 1.10. The highest BCUT2D eigenvalue weighted by Gasteiger charge is 2.29. The van der Waals surface area contributed by atoms with Gasteiger partial charge in [0.15, 0.2) is 14.7 Å². The van der Waals surface area contributed by atoms with Crippen LogP contribution in [0, 0.1) is 17.0 Å². The largest absolute Gasteiger partial charge is 0.295 e. The summed E-state index contributed by atoms with van der Waals surface area (Å²) in [5.74, 6) is 0. The van der Waals surface area contributed by atoms with Crippen molar-refractivity contribution >= 4 is 20.4 Å². The smallest absolute Gasteiger partial charge is 0.258 e. The summed E-state index contributed by atoms with van der Waals surface area (Å²) in [7, 11) is -3.79. The normalized spacial score (nSPS) is 12.6. The molecule has 0 radical (unpaired) electrons. The van der Waals surface area contributed by atoms with Crippen LogP contribution in [0.4, 0.5) is 0 Å². The first-order valence-electron chi connectivity index (χ1n) is 6.52. The lowest BCUT2D eigenvalue weighted by molar-refractivity contribution is -0.374. The first-order valence-corrected chi connectivity index (χ1v) is 8.41. The topological polar surface area (TPSA) is 77.3 Å². The summed E-state index contributed by atoms with van der Waals surface area (Å²) >= 11 is 0. The van der Waals surface area contributed by atoms with Gasteiger partial charge in [0, 0.05) is 11.8 Å². The minimum Gasteiger partial charge on any atom is -0.258 e. The highest BCUT2D eigenvalue weighted by molar-refractivity contribution is 8.00. The molecular weight excluding hydrogens is 302 g/mol. The van der Waals surface area contributed by atoms with Gasteiger partial charge < -0.3 is 0 Å². The van der Waals surface area contributed by atoms with Gasteiger partial charge in [-0.05, 0) is 19.1 Å². The predicted octanol–water partition coefficient (Wildman–Crippen LogP) is 3.14. The van der Waals surface area contributed by atoms with Crippen LogP contribution < -0.4 is 0 Å². The summed E-state index contributed by atoms with van der Waals surface area (Å²) in [6, 6.07) is 14.6. The molecule has 2 rings (SSSR count). The maximum absolute atomic E-state index is 12.2. The summed E-state index contributed by atoms with van der Waals surface area (Å²) in [6.07, 6.45) is 0.981. The number of benzene rings is 2. The molecule has 2 aromatic rings. The quantitative estimate of drug-likeness (QED) is 0.493. The Bertz CT molecular complexity index is 822. The van der Waals surface area contributed by atoms with Crippen LogP contribution in [0.2, 0.25) is 0 Å². The molecule has 0 saturated carbocycles. The van der Waals surface area contributed by atoms with Gasteiger partial charge in [0.1, 0.15) is 0 Å². The Morgan fingerprint density at radius 1 is 0.955 bits per heavy atom. The van der Waals surface area contributed by atoms with Crippen molar-refractivity contribution in [2.45, 2.75) is 6.92 Å². The molecule has 0 heterocycles. The number of hydrogen-bond donors (Lipinski definition) is 0. The van der Waals surface area contributed by atoms with Crippen molar-refractivity contribution in [3.63, 3.8) is 0 Å². The molecule has 0 saturated heterocycles. The molecule has 0 spiro atoms. The molecule has 5 nitrogen and oxygen atoms in total. The molecule has 0 aliphatic rings. The Morgan fingerprint density at radius 2 is 1.50 bits per heavy atom. The lowest BCUT2D eigenvalue weighted by atomic mass is 10.1. The third kappa shape index (κ3) is 3.40. The molecule has 0 aliphatic heterocycles. The third-order valence-electron chi connectivity index (χ3n) is 3.13. The van der Waals surface area contributed by atoms with Gasteiger partial charge in [-0.1, -0.05) is 48.0 Å². The lowest BCUT2D eigenvalue weighted by Gasteiger charge is -2.08. The van der Waals surface area contributed by atoms with E-state index in [1.165, 1.54) is 12.1 Å². The van der Waals surface area contributed by atoms with Crippen molar-refractivity contribution in [3.8, 4) is 0 Å². The molecule has 0 atom stereocenters. The van der Waals surface area contributed by atoms with Gasteiger partial charge in [0.05, 0.1) is 10.5 Å². The van der Waals surface area contributed by atoms with Crippen molar-refractivity contribution < 1.29 is 13.3 Å². The Hall–Kier alpha value is -2.47. The molecule has 0 fully saturated rings. The highest BCUT2D eigenvalue weighted by atomic mass is 32.2. The Kier molecular flexibility index (Phi) is 4.42. The van der Waals surface area contributed by atoms with E-state index in [-0.39, 0.29) is 10.5 Å². The zero-order chi connectivity index (χ0) is 16.3. The minimum absolute atomic E-state index is 0.258. The molecule has 0 amide bonds. The number of aryl methyl sites for hydroxylation is 1. The van der Waals surface area contributed by atoms with E-state index in [1.807, 2.05) is 6.92 Å². The van der Waals surface area contributed by atoms with Gasteiger partial charge in [-0.3, -0.25) is 10.1 Å². The number of rotatable bonds is 4. The molecule has 114 valence electrons. The fourth-order valence-corrected chi connectivity index (χ4v) is 3.25. The van der Waals surface area contributed by atoms with E-state index in [2.05, 4.69) is 0 Å². The average molecular weight is 317 g/mol. The fourth-order valence-electron chi connectivity index (χ4n) is 2.15. The zero-order valence-electron chi connectivity index (χ0n) is 12.2. The molecule has 6 heteroatoms. The molecule has 0 aromatic heterocycles. The molecule has 0 unspecified atom stereocenters. The molecule has 2 aromatic carbocycles. The predicted molar refractivity (Wildman–Crippen MR) is 86.3 cm³/mol. The number of hydrogen-bond acceptors (Lipinski definition) is 4. The number of nitrogens with zero attached hydrogens (tertiary/aromatic N) is 1. The summed E-state index contributed by atoms with van der Waals surface area (Å²) in [6.45, 7) is 1.86. The zero-order valence-corrected chi connectivity index (χ0v) is 13.0. The molecule has 22 heavy (non-hydrogen) atoms. The van der Waals surface area contributed by atoms with Crippen LogP contribution in [0.5, 0.6) is 0 Å². The van der Waals surface area contributed by atoms with E-state index < -0.39 is 20.5 Å². The lowest BCUT2D eigenvalue weighted by Crippen LogP contribution is -2.09. The average Bonchev–Trinajstić information content (AvgIpc) is 2.45. The van der Waals surface area contributed by atoms with Crippen molar-refractivity contribution in [1.82, 2.24) is 0 Å². The first-order chi connectivity index (χ1) is 10.3. The minimum atomic E-state index is -3.79. The van der Waals surface area contributed by atoms with Crippen LogP contribution in [0.3, 0.4) is 0 Å². The summed E-state index contributed by atoms with van der Waals surface area (Å²) in [4.78, 5) is 10.6. The number of nitro groups is 1. The first kappa shape index (κ1) is 15.9. The Morgan fingerprint density at radius 3 is 1.95 bits per heavy atom. The van der Waals surface area contributed by atoms with Crippen LogP contribution >= 0.6 is 0 Å². The summed E-state index contributed by atoms with van der Waals surface area (Å²) < 4.78 is 24.3. The van der Waals surface area contributed by atoms with Crippen LogP contribution in [0.1, 0.15) is 16.7 Å². The van der Waals surface area contributed by atoms with Crippen molar-refractivity contribution in [2.24, 2.45) is 0 Å². The van der Waals surface area contributed by atoms with Gasteiger partial charge >= 0.3 is 0 Å². The van der Waals surface area contributed by atoms with E-state index in [0.29, 0.717) is 5.56 Å². The van der Waals surface area contributed by atoms with Crippen molar-refractivity contribution in [2.75, 3.05) is 6.26 Å². The molecule has 0 bridgehead atoms. The number of sulfone groups is 1. The van der Waals surface area contributed by atoms with Crippen LogP contribution in [0.25, 0.3) is 10.6 Å². The van der Waals surface area contributed by atoms with E-state index >= 15 is 0 Å². The second-order valence-corrected chi connectivity index (χ2v) is 6.89. The van der Waals surface area contributed by atoms with Crippen molar-refractivity contribution in [3.05, 3.63) is 81.4 Å². The Labute approximate surface area is 129 Å². The van der Waals surface area contributed by atoms with E-state index in [9.17, 15) is 18.5 Å². The van der Waals surface area contributed by atoms with Gasteiger partial charge in [0.25, 0.3) is 5.70 Å². The second kappa shape index (κ2) is 6.11. The molecule has 0 aliphatic carbocycles. The van der Waals surface area contributed by atoms with Gasteiger partial charge in [-0.25, -0.2) is 8.42 Å². The second-order valence-electron chi connectivity index (χ2n) is 4.94. The van der Waals surface area contributed by atoms with Crippen LogP contribution in [-0.2, 0) is 9.84 Å². The molecular formula is C16H15NO4S. The van der Waals surface area contributed by atoms with E-state index in [0.717, 1.165) is 11.8 Å². The van der Waals surface area contributed by atoms with Gasteiger partial charge in [0.2, 0.25) is 0 Å². The highest BCUT2D eigenvalue weighted by Crippen LogP contribution is 2.31. The van der Waals surface area contributed by atoms with Gasteiger partial charge in [-0.15, -0.1) is 0 Å². The summed E-state index contributed by atoms with van der Waals surface area (Å²) in [5, 5.41) is 11.5. The monoisotopic (exact) mass is 317 g/mol. The maximum atomic E-state index is 12.2. The SMILES string of the molecule is Cc1ccc(C(=C(c2ccccc2)[N+](=O)[O-])S(C)(=O)=O)cc1. The third-order valence-corrected chi connectivity index (χ3v) is 4.30. The van der Waals surface area contributed by atoms with Gasteiger partial charge in [-0.2, -0.15) is 0 Å². The van der Waals surface area contributed by atoms with E-state index in [1.54, 1.807) is 42.5 Å². The molecule has 0 N–H and O–H groups in total. The Balaban J connectivity index is 2.85.